The molecule has 1 aliphatic carbocycles. The van der Waals surface area contributed by atoms with Gasteiger partial charge in [-0.05, 0) is 61.9 Å². The highest BCUT2D eigenvalue weighted by Crippen LogP contribution is 2.46. The Morgan fingerprint density at radius 2 is 1.79 bits per heavy atom. The topological polar surface area (TPSA) is 82.5 Å². The number of fused-ring (bicyclic) bond motifs is 1. The zero-order valence-corrected chi connectivity index (χ0v) is 22.0. The number of halogens is 5. The largest absolute Gasteiger partial charge is 0.372 e. The summed E-state index contributed by atoms with van der Waals surface area (Å²) >= 11 is 11.9. The molecule has 1 fully saturated rings. The fraction of sp³-hybridized carbons (Fsp3) is 0.321. The minimum atomic E-state index is -2.92. The Labute approximate surface area is 232 Å². The number of hydrogen-bond donors (Lipinski definition) is 2. The third kappa shape index (κ3) is 5.11. The summed E-state index contributed by atoms with van der Waals surface area (Å²) in [6.45, 7) is 0.286. The van der Waals surface area contributed by atoms with E-state index in [-0.39, 0.29) is 45.2 Å². The van der Waals surface area contributed by atoms with E-state index < -0.39 is 35.4 Å². The molecule has 2 aromatic carbocycles. The Morgan fingerprint density at radius 3 is 2.51 bits per heavy atom. The standard InChI is InChI=1S/C28H24Cl2F3N3O3/c29-16-7-10-22(31)21(12-16)28(39)20-3-1-2-4-23(20)36(27(28)38)14-15-5-8-18(9-6-15)35-26(37)19-11-17(30)13-34-24(19)25(32)33/h1-4,7,10-13,15,18,25,39H,5-6,8-9,14H2,(H,35,37). The molecular weight excluding hydrogens is 554 g/mol. The van der Waals surface area contributed by atoms with E-state index in [1.54, 1.807) is 24.3 Å². The van der Waals surface area contributed by atoms with Gasteiger partial charge in [-0.25, -0.2) is 13.2 Å². The van der Waals surface area contributed by atoms with Gasteiger partial charge in [0.15, 0.2) is 5.60 Å². The number of carbonyl (C=O) groups is 2. The van der Waals surface area contributed by atoms with Crippen molar-refractivity contribution in [3.63, 3.8) is 0 Å². The summed E-state index contributed by atoms with van der Waals surface area (Å²) < 4.78 is 41.4. The van der Waals surface area contributed by atoms with Crippen molar-refractivity contribution in [2.24, 2.45) is 5.92 Å². The number of hydrogen-bond acceptors (Lipinski definition) is 4. The summed E-state index contributed by atoms with van der Waals surface area (Å²) in [4.78, 5) is 31.4. The number of aromatic nitrogens is 1. The van der Waals surface area contributed by atoms with E-state index in [9.17, 15) is 27.9 Å². The van der Waals surface area contributed by atoms with Crippen molar-refractivity contribution in [2.45, 2.75) is 43.8 Å². The van der Waals surface area contributed by atoms with Crippen molar-refractivity contribution >= 4 is 40.7 Å². The van der Waals surface area contributed by atoms with Crippen LogP contribution in [0.15, 0.2) is 54.7 Å². The number of pyridine rings is 1. The van der Waals surface area contributed by atoms with Gasteiger partial charge in [-0.15, -0.1) is 0 Å². The Balaban J connectivity index is 1.29. The first-order valence-corrected chi connectivity index (χ1v) is 13.2. The lowest BCUT2D eigenvalue weighted by atomic mass is 9.85. The monoisotopic (exact) mass is 577 g/mol. The first-order chi connectivity index (χ1) is 18.6. The Morgan fingerprint density at radius 1 is 1.08 bits per heavy atom. The molecule has 1 aliphatic heterocycles. The first-order valence-electron chi connectivity index (χ1n) is 12.4. The van der Waals surface area contributed by atoms with Crippen LogP contribution in [0.3, 0.4) is 0 Å². The van der Waals surface area contributed by atoms with Crippen molar-refractivity contribution in [1.29, 1.82) is 0 Å². The number of alkyl halides is 2. The maximum atomic E-state index is 14.8. The van der Waals surface area contributed by atoms with Crippen LogP contribution in [-0.4, -0.2) is 34.5 Å². The molecule has 0 radical (unpaired) electrons. The van der Waals surface area contributed by atoms with Crippen LogP contribution in [0.1, 0.15) is 59.3 Å². The predicted octanol–water partition coefficient (Wildman–Crippen LogP) is 6.04. The van der Waals surface area contributed by atoms with Gasteiger partial charge in [0, 0.05) is 34.9 Å². The minimum Gasteiger partial charge on any atom is -0.372 e. The molecule has 11 heteroatoms. The molecule has 2 aliphatic rings. The molecule has 1 saturated carbocycles. The lowest BCUT2D eigenvalue weighted by Gasteiger charge is -2.32. The van der Waals surface area contributed by atoms with E-state index in [0.717, 1.165) is 12.3 Å². The number of amides is 2. The lowest BCUT2D eigenvalue weighted by Crippen LogP contribution is -2.45. The zero-order valence-electron chi connectivity index (χ0n) is 20.5. The second kappa shape index (κ2) is 10.8. The Kier molecular flexibility index (Phi) is 7.59. The third-order valence-electron chi connectivity index (χ3n) is 7.42. The van der Waals surface area contributed by atoms with E-state index in [1.807, 2.05) is 0 Å². The van der Waals surface area contributed by atoms with E-state index in [0.29, 0.717) is 31.4 Å². The van der Waals surface area contributed by atoms with Gasteiger partial charge in [0.1, 0.15) is 11.5 Å². The van der Waals surface area contributed by atoms with Gasteiger partial charge in [0.2, 0.25) is 0 Å². The normalized spacial score (nSPS) is 22.7. The number of nitrogens with one attached hydrogen (secondary N) is 1. The molecule has 5 rings (SSSR count). The summed E-state index contributed by atoms with van der Waals surface area (Å²) in [6.07, 6.45) is 0.548. The molecule has 0 bridgehead atoms. The highest BCUT2D eigenvalue weighted by Gasteiger charge is 2.52. The molecule has 0 spiro atoms. The maximum absolute atomic E-state index is 14.8. The fourth-order valence-electron chi connectivity index (χ4n) is 5.47. The summed E-state index contributed by atoms with van der Waals surface area (Å²) in [5.41, 5.74) is -2.54. The minimum absolute atomic E-state index is 0.0335. The number of aliphatic hydroxyl groups is 1. The van der Waals surface area contributed by atoms with Crippen molar-refractivity contribution in [2.75, 3.05) is 11.4 Å². The van der Waals surface area contributed by atoms with Crippen LogP contribution in [0, 0.1) is 11.7 Å². The van der Waals surface area contributed by atoms with Crippen molar-refractivity contribution in [1.82, 2.24) is 10.3 Å². The smallest absolute Gasteiger partial charge is 0.281 e. The summed E-state index contributed by atoms with van der Waals surface area (Å²) in [5, 5.41) is 14.7. The quantitative estimate of drug-likeness (QED) is 0.374. The Hall–Kier alpha value is -3.14. The van der Waals surface area contributed by atoms with Crippen LogP contribution in [0.5, 0.6) is 0 Å². The molecule has 1 unspecified atom stereocenters. The van der Waals surface area contributed by atoms with Gasteiger partial charge >= 0.3 is 0 Å². The number of nitrogens with zero attached hydrogens (tertiary/aromatic N) is 2. The van der Waals surface area contributed by atoms with Crippen molar-refractivity contribution in [3.05, 3.63) is 93.0 Å². The lowest BCUT2D eigenvalue weighted by molar-refractivity contribution is -0.132. The average Bonchev–Trinajstić information content (AvgIpc) is 3.13. The van der Waals surface area contributed by atoms with Crippen LogP contribution >= 0.6 is 23.2 Å². The molecule has 1 atom stereocenters. The second-order valence-corrected chi connectivity index (χ2v) is 10.7. The van der Waals surface area contributed by atoms with Crippen molar-refractivity contribution in [3.8, 4) is 0 Å². The van der Waals surface area contributed by atoms with Crippen LogP contribution in [-0.2, 0) is 10.4 Å². The summed E-state index contributed by atoms with van der Waals surface area (Å²) in [6, 6.07) is 11.4. The van der Waals surface area contributed by atoms with Gasteiger partial charge in [0.05, 0.1) is 16.3 Å². The van der Waals surface area contributed by atoms with Gasteiger partial charge in [-0.3, -0.25) is 14.6 Å². The van der Waals surface area contributed by atoms with Crippen LogP contribution in [0.25, 0.3) is 0 Å². The van der Waals surface area contributed by atoms with Crippen LogP contribution < -0.4 is 10.2 Å². The van der Waals surface area contributed by atoms with E-state index in [2.05, 4.69) is 10.3 Å². The molecule has 2 heterocycles. The average molecular weight is 578 g/mol. The molecule has 0 saturated heterocycles. The molecule has 2 N–H and O–H groups in total. The highest BCUT2D eigenvalue weighted by atomic mass is 35.5. The summed E-state index contributed by atoms with van der Waals surface area (Å²) in [7, 11) is 0. The van der Waals surface area contributed by atoms with Crippen molar-refractivity contribution < 1.29 is 27.9 Å². The molecule has 3 aromatic rings. The predicted molar refractivity (Wildman–Crippen MR) is 141 cm³/mol. The zero-order chi connectivity index (χ0) is 27.9. The van der Waals surface area contributed by atoms with E-state index in [4.69, 9.17) is 23.2 Å². The molecule has 39 heavy (non-hydrogen) atoms. The molecule has 6 nitrogen and oxygen atoms in total. The first kappa shape index (κ1) is 27.4. The second-order valence-electron chi connectivity index (χ2n) is 9.85. The Bertz CT molecular complexity index is 1430. The van der Waals surface area contributed by atoms with Crippen LogP contribution in [0.2, 0.25) is 10.0 Å². The third-order valence-corrected chi connectivity index (χ3v) is 7.86. The number of rotatable bonds is 6. The van der Waals surface area contributed by atoms with Gasteiger partial charge in [-0.2, -0.15) is 0 Å². The van der Waals surface area contributed by atoms with Gasteiger partial charge in [0.25, 0.3) is 18.2 Å². The summed E-state index contributed by atoms with van der Waals surface area (Å²) in [5.74, 6) is -2.03. The highest BCUT2D eigenvalue weighted by molar-refractivity contribution is 6.31. The maximum Gasteiger partial charge on any atom is 0.281 e. The molecule has 2 amide bonds. The van der Waals surface area contributed by atoms with Gasteiger partial charge in [-0.1, -0.05) is 41.4 Å². The molecule has 1 aromatic heterocycles. The number of benzene rings is 2. The van der Waals surface area contributed by atoms with Gasteiger partial charge < -0.3 is 15.3 Å². The molecule has 204 valence electrons. The molecular formula is C28H24Cl2F3N3O3. The van der Waals surface area contributed by atoms with E-state index >= 15 is 0 Å². The fourth-order valence-corrected chi connectivity index (χ4v) is 5.80. The SMILES string of the molecule is O=C(NC1CCC(CN2C(=O)C(O)(c3cc(Cl)ccc3F)c3ccccc32)CC1)c1cc(Cl)cnc1C(F)F. The number of carbonyl (C=O) groups excluding carboxylic acids is 2. The van der Waals surface area contributed by atoms with Crippen LogP contribution in [0.4, 0.5) is 18.9 Å². The van der Waals surface area contributed by atoms with E-state index in [1.165, 1.54) is 23.1 Å². The number of anilines is 1. The number of para-hydroxylation sites is 1.